The largest absolute Gasteiger partial charge is 0.478 e. The van der Waals surface area contributed by atoms with Gasteiger partial charge in [0, 0.05) is 11.1 Å². The normalized spacial score (nSPS) is 10.7. The average molecular weight is 215 g/mol. The lowest BCUT2D eigenvalue weighted by atomic mass is 10.0. The molecule has 0 atom stereocenters. The maximum atomic E-state index is 11.3. The Kier molecular flexibility index (Phi) is 2.38. The summed E-state index contributed by atoms with van der Waals surface area (Å²) in [7, 11) is 0. The number of nitrogens with zero attached hydrogens (tertiary/aromatic N) is 1. The maximum absolute atomic E-state index is 11.3. The fraction of sp³-hybridized carbons (Fsp3) is 0.231. The summed E-state index contributed by atoms with van der Waals surface area (Å²) in [6.45, 7) is 5.58. The van der Waals surface area contributed by atoms with E-state index in [0.717, 1.165) is 27.7 Å². The Hall–Kier alpha value is -1.90. The number of rotatable bonds is 1. The lowest BCUT2D eigenvalue weighted by Gasteiger charge is -2.09. The van der Waals surface area contributed by atoms with Gasteiger partial charge in [-0.25, -0.2) is 4.79 Å². The molecule has 3 nitrogen and oxygen atoms in total. The van der Waals surface area contributed by atoms with Gasteiger partial charge in [0.1, 0.15) is 0 Å². The van der Waals surface area contributed by atoms with Crippen LogP contribution in [-0.2, 0) is 0 Å². The highest BCUT2D eigenvalue weighted by atomic mass is 16.4. The monoisotopic (exact) mass is 215 g/mol. The molecule has 3 heteroatoms. The van der Waals surface area contributed by atoms with E-state index < -0.39 is 5.97 Å². The summed E-state index contributed by atoms with van der Waals surface area (Å²) < 4.78 is 0. The standard InChI is InChI=1S/C13H13NO2/c1-7-4-5-11-10(6-7)12(13(15)16)8(2)9(3)14-11/h4-6H,1-3H3,(H,15,16). The third-order valence-corrected chi connectivity index (χ3v) is 2.84. The maximum Gasteiger partial charge on any atom is 0.336 e. The van der Waals surface area contributed by atoms with Crippen molar-refractivity contribution in [3.63, 3.8) is 0 Å². The molecule has 1 heterocycles. The highest BCUT2D eigenvalue weighted by Gasteiger charge is 2.15. The molecule has 0 aliphatic heterocycles. The molecule has 0 radical (unpaired) electrons. The van der Waals surface area contributed by atoms with Crippen LogP contribution in [0.1, 0.15) is 27.2 Å². The lowest BCUT2D eigenvalue weighted by Crippen LogP contribution is -2.04. The van der Waals surface area contributed by atoms with Crippen molar-refractivity contribution in [2.75, 3.05) is 0 Å². The first-order chi connectivity index (χ1) is 7.50. The number of benzene rings is 1. The van der Waals surface area contributed by atoms with Crippen LogP contribution in [0.4, 0.5) is 0 Å². The van der Waals surface area contributed by atoms with Crippen molar-refractivity contribution >= 4 is 16.9 Å². The first-order valence-electron chi connectivity index (χ1n) is 5.11. The van der Waals surface area contributed by atoms with Crippen molar-refractivity contribution in [1.82, 2.24) is 4.98 Å². The third kappa shape index (κ3) is 1.54. The predicted octanol–water partition coefficient (Wildman–Crippen LogP) is 2.86. The second-order valence-electron chi connectivity index (χ2n) is 4.02. The van der Waals surface area contributed by atoms with Crippen LogP contribution in [0.25, 0.3) is 10.9 Å². The van der Waals surface area contributed by atoms with E-state index >= 15 is 0 Å². The molecule has 82 valence electrons. The van der Waals surface area contributed by atoms with Crippen molar-refractivity contribution in [2.45, 2.75) is 20.8 Å². The smallest absolute Gasteiger partial charge is 0.336 e. The van der Waals surface area contributed by atoms with Crippen LogP contribution in [0.15, 0.2) is 18.2 Å². The van der Waals surface area contributed by atoms with Gasteiger partial charge in [0.05, 0.1) is 11.1 Å². The van der Waals surface area contributed by atoms with Gasteiger partial charge in [-0.15, -0.1) is 0 Å². The summed E-state index contributed by atoms with van der Waals surface area (Å²) in [5.74, 6) is -0.890. The molecule has 2 rings (SSSR count). The van der Waals surface area contributed by atoms with Crippen LogP contribution < -0.4 is 0 Å². The quantitative estimate of drug-likeness (QED) is 0.795. The fourth-order valence-corrected chi connectivity index (χ4v) is 1.87. The number of aromatic nitrogens is 1. The molecule has 0 aliphatic rings. The van der Waals surface area contributed by atoms with Gasteiger partial charge >= 0.3 is 5.97 Å². The van der Waals surface area contributed by atoms with E-state index in [2.05, 4.69) is 4.98 Å². The molecule has 0 saturated carbocycles. The second kappa shape index (κ2) is 3.59. The number of carbonyl (C=O) groups is 1. The van der Waals surface area contributed by atoms with E-state index in [-0.39, 0.29) is 0 Å². The third-order valence-electron chi connectivity index (χ3n) is 2.84. The minimum atomic E-state index is -0.890. The number of hydrogen-bond donors (Lipinski definition) is 1. The Morgan fingerprint density at radius 1 is 1.25 bits per heavy atom. The van der Waals surface area contributed by atoms with Gasteiger partial charge < -0.3 is 5.11 Å². The number of fused-ring (bicyclic) bond motifs is 1. The van der Waals surface area contributed by atoms with Gasteiger partial charge in [-0.3, -0.25) is 4.98 Å². The summed E-state index contributed by atoms with van der Waals surface area (Å²) in [6, 6.07) is 5.68. The number of hydrogen-bond acceptors (Lipinski definition) is 2. The van der Waals surface area contributed by atoms with Gasteiger partial charge in [0.15, 0.2) is 0 Å². The van der Waals surface area contributed by atoms with Crippen molar-refractivity contribution in [2.24, 2.45) is 0 Å². The van der Waals surface area contributed by atoms with Crippen molar-refractivity contribution in [3.05, 3.63) is 40.6 Å². The molecule has 0 amide bonds. The molecule has 0 saturated heterocycles. The molecule has 1 aromatic carbocycles. The zero-order chi connectivity index (χ0) is 11.9. The minimum Gasteiger partial charge on any atom is -0.478 e. The molecule has 0 bridgehead atoms. The molecular weight excluding hydrogens is 202 g/mol. The molecule has 0 fully saturated rings. The number of carboxylic acid groups (broad SMARTS) is 1. The number of pyridine rings is 1. The van der Waals surface area contributed by atoms with E-state index in [4.69, 9.17) is 0 Å². The molecule has 2 aromatic rings. The highest BCUT2D eigenvalue weighted by molar-refractivity contribution is 6.04. The Morgan fingerprint density at radius 2 is 1.94 bits per heavy atom. The van der Waals surface area contributed by atoms with Crippen LogP contribution in [0.5, 0.6) is 0 Å². The van der Waals surface area contributed by atoms with Gasteiger partial charge in [0.25, 0.3) is 0 Å². The van der Waals surface area contributed by atoms with E-state index in [9.17, 15) is 9.90 Å². The SMILES string of the molecule is Cc1ccc2nc(C)c(C)c(C(=O)O)c2c1. The van der Waals surface area contributed by atoms with Crippen molar-refractivity contribution in [3.8, 4) is 0 Å². The molecule has 1 N–H and O–H groups in total. The molecule has 0 aliphatic carbocycles. The summed E-state index contributed by atoms with van der Waals surface area (Å²) in [6.07, 6.45) is 0. The molecule has 0 unspecified atom stereocenters. The number of aryl methyl sites for hydroxylation is 2. The van der Waals surface area contributed by atoms with E-state index in [0.29, 0.717) is 5.56 Å². The lowest BCUT2D eigenvalue weighted by molar-refractivity contribution is 0.0698. The van der Waals surface area contributed by atoms with Crippen LogP contribution in [-0.4, -0.2) is 16.1 Å². The van der Waals surface area contributed by atoms with Crippen molar-refractivity contribution < 1.29 is 9.90 Å². The van der Waals surface area contributed by atoms with Crippen LogP contribution >= 0.6 is 0 Å². The van der Waals surface area contributed by atoms with Crippen LogP contribution in [0.3, 0.4) is 0 Å². The summed E-state index contributed by atoms with van der Waals surface area (Å²) in [5, 5.41) is 9.97. The van der Waals surface area contributed by atoms with Gasteiger partial charge in [-0.1, -0.05) is 11.6 Å². The van der Waals surface area contributed by atoms with E-state index in [1.807, 2.05) is 32.0 Å². The first kappa shape index (κ1) is 10.6. The zero-order valence-electron chi connectivity index (χ0n) is 9.53. The first-order valence-corrected chi connectivity index (χ1v) is 5.11. The van der Waals surface area contributed by atoms with Gasteiger partial charge in [-0.05, 0) is 38.5 Å². The molecular formula is C13H13NO2. The summed E-state index contributed by atoms with van der Waals surface area (Å²) in [5.41, 5.74) is 3.66. The summed E-state index contributed by atoms with van der Waals surface area (Å²) in [4.78, 5) is 15.7. The number of aromatic carboxylic acids is 1. The van der Waals surface area contributed by atoms with Crippen LogP contribution in [0, 0.1) is 20.8 Å². The molecule has 0 spiro atoms. The van der Waals surface area contributed by atoms with Gasteiger partial charge in [-0.2, -0.15) is 0 Å². The Balaban J connectivity index is 2.96. The fourth-order valence-electron chi connectivity index (χ4n) is 1.87. The van der Waals surface area contributed by atoms with Crippen LogP contribution in [0.2, 0.25) is 0 Å². The molecule has 16 heavy (non-hydrogen) atoms. The van der Waals surface area contributed by atoms with Crippen molar-refractivity contribution in [1.29, 1.82) is 0 Å². The average Bonchev–Trinajstić information content (AvgIpc) is 2.20. The highest BCUT2D eigenvalue weighted by Crippen LogP contribution is 2.23. The molecule has 1 aromatic heterocycles. The Labute approximate surface area is 93.7 Å². The Bertz CT molecular complexity index is 588. The predicted molar refractivity (Wildman–Crippen MR) is 62.9 cm³/mol. The Morgan fingerprint density at radius 3 is 2.56 bits per heavy atom. The summed E-state index contributed by atoms with van der Waals surface area (Å²) >= 11 is 0. The topological polar surface area (TPSA) is 50.2 Å². The zero-order valence-corrected chi connectivity index (χ0v) is 9.53. The second-order valence-corrected chi connectivity index (χ2v) is 4.02. The van der Waals surface area contributed by atoms with Gasteiger partial charge in [0.2, 0.25) is 0 Å². The minimum absolute atomic E-state index is 0.367. The van der Waals surface area contributed by atoms with E-state index in [1.165, 1.54) is 0 Å². The van der Waals surface area contributed by atoms with E-state index in [1.54, 1.807) is 6.92 Å². The number of carboxylic acids is 1.